The van der Waals surface area contributed by atoms with Crippen LogP contribution in [0.25, 0.3) is 0 Å². The number of methoxy groups -OCH3 is 1. The highest BCUT2D eigenvalue weighted by molar-refractivity contribution is 6.17. The van der Waals surface area contributed by atoms with Crippen LogP contribution in [0, 0.1) is 5.92 Å². The van der Waals surface area contributed by atoms with Crippen molar-refractivity contribution in [2.45, 2.75) is 38.1 Å². The van der Waals surface area contributed by atoms with Gasteiger partial charge in [0.1, 0.15) is 0 Å². The first-order chi connectivity index (χ1) is 7.26. The average Bonchev–Trinajstić information content (AvgIpc) is 2.12. The monoisotopic (exact) mass is 233 g/mol. The summed E-state index contributed by atoms with van der Waals surface area (Å²) in [6, 6.07) is 0.0695. The number of hydrogen-bond donors (Lipinski definition) is 1. The van der Waals surface area contributed by atoms with Gasteiger partial charge in [0.2, 0.25) is 5.91 Å². The van der Waals surface area contributed by atoms with Crippen molar-refractivity contribution >= 4 is 17.5 Å². The molecule has 88 valence electrons. The summed E-state index contributed by atoms with van der Waals surface area (Å²) in [4.78, 5) is 11.6. The molecule has 0 aromatic heterocycles. The first-order valence-electron chi connectivity index (χ1n) is 5.60. The Bertz CT molecular complexity index is 189. The number of rotatable bonds is 7. The van der Waals surface area contributed by atoms with E-state index in [0.29, 0.717) is 24.8 Å². The molecule has 1 N–H and O–H groups in total. The van der Waals surface area contributed by atoms with Gasteiger partial charge in [0.15, 0.2) is 0 Å². The van der Waals surface area contributed by atoms with Gasteiger partial charge in [0, 0.05) is 19.4 Å². The Kier molecular flexibility index (Phi) is 6.03. The Balaban J connectivity index is 2.19. The second kappa shape index (κ2) is 7.07. The van der Waals surface area contributed by atoms with Gasteiger partial charge in [-0.15, -0.1) is 11.6 Å². The van der Waals surface area contributed by atoms with Gasteiger partial charge in [-0.2, -0.15) is 0 Å². The quantitative estimate of drug-likeness (QED) is 0.683. The fourth-order valence-electron chi connectivity index (χ4n) is 1.78. The number of halogens is 1. The van der Waals surface area contributed by atoms with Crippen LogP contribution in [0.3, 0.4) is 0 Å². The zero-order valence-electron chi connectivity index (χ0n) is 9.30. The highest BCUT2D eigenvalue weighted by Crippen LogP contribution is 2.29. The van der Waals surface area contributed by atoms with Crippen LogP contribution in [0.2, 0.25) is 0 Å². The van der Waals surface area contributed by atoms with Gasteiger partial charge < -0.3 is 10.1 Å². The third-order valence-electron chi connectivity index (χ3n) is 2.89. The van der Waals surface area contributed by atoms with E-state index >= 15 is 0 Å². The van der Waals surface area contributed by atoms with Gasteiger partial charge in [-0.3, -0.25) is 4.79 Å². The molecule has 1 atom stereocenters. The minimum absolute atomic E-state index is 0.0695. The summed E-state index contributed by atoms with van der Waals surface area (Å²) in [5.74, 6) is 1.31. The smallest absolute Gasteiger partial charge is 0.220 e. The Morgan fingerprint density at radius 2 is 2.33 bits per heavy atom. The molecular formula is C11H20ClNO2. The largest absolute Gasteiger partial charge is 0.383 e. The zero-order chi connectivity index (χ0) is 11.1. The molecule has 1 fully saturated rings. The molecular weight excluding hydrogens is 214 g/mol. The van der Waals surface area contributed by atoms with Crippen LogP contribution in [0.15, 0.2) is 0 Å². The minimum Gasteiger partial charge on any atom is -0.383 e. The maximum Gasteiger partial charge on any atom is 0.220 e. The van der Waals surface area contributed by atoms with Gasteiger partial charge in [0.05, 0.1) is 12.6 Å². The van der Waals surface area contributed by atoms with E-state index in [9.17, 15) is 4.79 Å². The molecule has 0 bridgehead atoms. The Morgan fingerprint density at radius 1 is 1.60 bits per heavy atom. The molecule has 0 saturated heterocycles. The van der Waals surface area contributed by atoms with Crippen molar-refractivity contribution in [1.29, 1.82) is 0 Å². The van der Waals surface area contributed by atoms with Crippen molar-refractivity contribution in [3.05, 3.63) is 0 Å². The molecule has 0 spiro atoms. The lowest BCUT2D eigenvalue weighted by atomic mass is 9.83. The molecule has 0 aliphatic heterocycles. The van der Waals surface area contributed by atoms with Crippen LogP contribution in [0.1, 0.15) is 32.1 Å². The normalized spacial score (nSPS) is 18.3. The predicted molar refractivity (Wildman–Crippen MR) is 61.1 cm³/mol. The van der Waals surface area contributed by atoms with E-state index in [0.717, 1.165) is 6.42 Å². The average molecular weight is 234 g/mol. The van der Waals surface area contributed by atoms with E-state index in [1.54, 1.807) is 7.11 Å². The summed E-state index contributed by atoms with van der Waals surface area (Å²) >= 11 is 5.65. The second-order valence-electron chi connectivity index (χ2n) is 4.20. The van der Waals surface area contributed by atoms with Crippen LogP contribution < -0.4 is 5.32 Å². The summed E-state index contributed by atoms with van der Waals surface area (Å²) in [5.41, 5.74) is 0. The summed E-state index contributed by atoms with van der Waals surface area (Å²) < 4.78 is 5.03. The molecule has 0 aromatic carbocycles. The SMILES string of the molecule is COCC(CCCl)NC(=O)CC1CCC1. The number of carbonyl (C=O) groups is 1. The Morgan fingerprint density at radius 3 is 2.80 bits per heavy atom. The lowest BCUT2D eigenvalue weighted by Gasteiger charge is -2.25. The Labute approximate surface area is 96.5 Å². The molecule has 1 aliphatic carbocycles. The number of amides is 1. The van der Waals surface area contributed by atoms with E-state index in [1.165, 1.54) is 19.3 Å². The first-order valence-corrected chi connectivity index (χ1v) is 6.14. The van der Waals surface area contributed by atoms with E-state index < -0.39 is 0 Å². The highest BCUT2D eigenvalue weighted by Gasteiger charge is 2.21. The number of alkyl halides is 1. The van der Waals surface area contributed by atoms with E-state index in [-0.39, 0.29) is 11.9 Å². The van der Waals surface area contributed by atoms with Gasteiger partial charge in [-0.1, -0.05) is 6.42 Å². The highest BCUT2D eigenvalue weighted by atomic mass is 35.5. The molecule has 4 heteroatoms. The lowest BCUT2D eigenvalue weighted by molar-refractivity contribution is -0.123. The molecule has 0 radical (unpaired) electrons. The predicted octanol–water partition coefficient (Wildman–Crippen LogP) is 1.94. The van der Waals surface area contributed by atoms with Crippen molar-refractivity contribution in [1.82, 2.24) is 5.32 Å². The summed E-state index contributed by atoms with van der Waals surface area (Å²) in [6.07, 6.45) is 5.13. The van der Waals surface area contributed by atoms with Gasteiger partial charge in [0.25, 0.3) is 0 Å². The Hall–Kier alpha value is -0.280. The lowest BCUT2D eigenvalue weighted by Crippen LogP contribution is -2.39. The maximum absolute atomic E-state index is 11.6. The fraction of sp³-hybridized carbons (Fsp3) is 0.909. The van der Waals surface area contributed by atoms with Crippen molar-refractivity contribution in [2.24, 2.45) is 5.92 Å². The van der Waals surface area contributed by atoms with Crippen molar-refractivity contribution in [3.8, 4) is 0 Å². The van der Waals surface area contributed by atoms with Crippen molar-refractivity contribution in [2.75, 3.05) is 19.6 Å². The van der Waals surface area contributed by atoms with E-state index in [2.05, 4.69) is 5.32 Å². The number of carbonyl (C=O) groups excluding carboxylic acids is 1. The van der Waals surface area contributed by atoms with Gasteiger partial charge in [-0.25, -0.2) is 0 Å². The number of ether oxygens (including phenoxy) is 1. The van der Waals surface area contributed by atoms with Crippen LogP contribution >= 0.6 is 11.6 Å². The van der Waals surface area contributed by atoms with Gasteiger partial charge >= 0.3 is 0 Å². The van der Waals surface area contributed by atoms with Crippen LogP contribution in [-0.4, -0.2) is 31.5 Å². The third-order valence-corrected chi connectivity index (χ3v) is 3.11. The molecule has 1 rings (SSSR count). The minimum atomic E-state index is 0.0695. The first kappa shape index (κ1) is 12.8. The summed E-state index contributed by atoms with van der Waals surface area (Å²) in [5, 5.41) is 2.97. The van der Waals surface area contributed by atoms with E-state index in [4.69, 9.17) is 16.3 Å². The molecule has 3 nitrogen and oxygen atoms in total. The molecule has 1 aliphatic rings. The number of hydrogen-bond acceptors (Lipinski definition) is 2. The van der Waals surface area contributed by atoms with Crippen LogP contribution in [0.4, 0.5) is 0 Å². The van der Waals surface area contributed by atoms with E-state index in [1.807, 2.05) is 0 Å². The van der Waals surface area contributed by atoms with Crippen molar-refractivity contribution in [3.63, 3.8) is 0 Å². The third kappa shape index (κ3) is 4.85. The van der Waals surface area contributed by atoms with Crippen LogP contribution in [-0.2, 0) is 9.53 Å². The summed E-state index contributed by atoms with van der Waals surface area (Å²) in [6.45, 7) is 0.545. The zero-order valence-corrected chi connectivity index (χ0v) is 10.1. The van der Waals surface area contributed by atoms with Gasteiger partial charge in [-0.05, 0) is 25.2 Å². The van der Waals surface area contributed by atoms with Crippen molar-refractivity contribution < 1.29 is 9.53 Å². The molecule has 1 unspecified atom stereocenters. The van der Waals surface area contributed by atoms with Crippen LogP contribution in [0.5, 0.6) is 0 Å². The topological polar surface area (TPSA) is 38.3 Å². The molecule has 0 aromatic rings. The standard InChI is InChI=1S/C11H20ClNO2/c1-15-8-10(5-6-12)13-11(14)7-9-3-2-4-9/h9-10H,2-8H2,1H3,(H,13,14). The molecule has 1 amide bonds. The maximum atomic E-state index is 11.6. The molecule has 15 heavy (non-hydrogen) atoms. The molecule has 0 heterocycles. The molecule has 1 saturated carbocycles. The second-order valence-corrected chi connectivity index (χ2v) is 4.58. The fourth-order valence-corrected chi connectivity index (χ4v) is 2.04. The number of nitrogens with one attached hydrogen (secondary N) is 1. The summed E-state index contributed by atoms with van der Waals surface area (Å²) in [7, 11) is 1.64.